The van der Waals surface area contributed by atoms with E-state index in [0.29, 0.717) is 11.4 Å². The van der Waals surface area contributed by atoms with Crippen molar-refractivity contribution in [2.75, 3.05) is 12.8 Å². The average Bonchev–Trinajstić information content (AvgIpc) is 2.25. The van der Waals surface area contributed by atoms with Gasteiger partial charge in [0, 0.05) is 7.11 Å². The first-order valence-corrected chi connectivity index (χ1v) is 4.78. The van der Waals surface area contributed by atoms with Crippen molar-refractivity contribution < 1.29 is 4.74 Å². The molecule has 0 aliphatic heterocycles. The van der Waals surface area contributed by atoms with Crippen molar-refractivity contribution in [3.05, 3.63) is 17.6 Å². The molecule has 0 saturated heterocycles. The molecular formula is C10H14N4O. The van der Waals surface area contributed by atoms with Crippen LogP contribution >= 0.6 is 0 Å². The molecule has 0 aliphatic carbocycles. The fraction of sp³-hybridized carbons (Fsp3) is 0.500. The maximum absolute atomic E-state index is 8.67. The zero-order valence-electron chi connectivity index (χ0n) is 8.90. The first-order valence-electron chi connectivity index (χ1n) is 4.78. The first kappa shape index (κ1) is 11.4. The van der Waals surface area contributed by atoms with E-state index in [4.69, 9.17) is 15.7 Å². The fourth-order valence-electron chi connectivity index (χ4n) is 1.27. The van der Waals surface area contributed by atoms with Crippen LogP contribution in [0.5, 0.6) is 0 Å². The van der Waals surface area contributed by atoms with Crippen LogP contribution in [0, 0.1) is 11.3 Å². The molecule has 0 radical (unpaired) electrons. The van der Waals surface area contributed by atoms with Gasteiger partial charge in [-0.25, -0.2) is 9.97 Å². The van der Waals surface area contributed by atoms with Crippen molar-refractivity contribution in [1.82, 2.24) is 9.97 Å². The number of rotatable bonds is 4. The van der Waals surface area contributed by atoms with Gasteiger partial charge in [0.1, 0.15) is 23.6 Å². The van der Waals surface area contributed by atoms with Crippen LogP contribution in [0.15, 0.2) is 6.20 Å². The Balaban J connectivity index is 2.95. The molecule has 0 bridgehead atoms. The lowest BCUT2D eigenvalue weighted by molar-refractivity contribution is 0.0877. The molecule has 1 rings (SSSR count). The van der Waals surface area contributed by atoms with Gasteiger partial charge in [-0.05, 0) is 6.42 Å². The molecule has 0 aromatic carbocycles. The fourth-order valence-corrected chi connectivity index (χ4v) is 1.27. The first-order chi connectivity index (χ1) is 7.22. The maximum Gasteiger partial charge on any atom is 0.159 e. The van der Waals surface area contributed by atoms with Crippen LogP contribution in [-0.2, 0) is 4.74 Å². The number of nitrogen functional groups attached to an aromatic ring is 1. The summed E-state index contributed by atoms with van der Waals surface area (Å²) in [7, 11) is 1.61. The second-order valence-electron chi connectivity index (χ2n) is 3.15. The minimum Gasteiger partial charge on any atom is -0.382 e. The van der Waals surface area contributed by atoms with Gasteiger partial charge >= 0.3 is 0 Å². The molecule has 0 spiro atoms. The normalized spacial score (nSPS) is 12.1. The van der Waals surface area contributed by atoms with Gasteiger partial charge in [0.25, 0.3) is 0 Å². The van der Waals surface area contributed by atoms with Gasteiger partial charge in [-0.3, -0.25) is 0 Å². The molecule has 1 atom stereocenters. The SMILES string of the molecule is CCCC(OC)c1ncc(C#N)c(N)n1. The zero-order chi connectivity index (χ0) is 11.3. The number of hydrogen-bond acceptors (Lipinski definition) is 5. The van der Waals surface area contributed by atoms with Crippen molar-refractivity contribution >= 4 is 5.82 Å². The Kier molecular flexibility index (Phi) is 4.01. The van der Waals surface area contributed by atoms with Crippen molar-refractivity contribution in [1.29, 1.82) is 5.26 Å². The molecule has 0 fully saturated rings. The number of nitrogens with zero attached hydrogens (tertiary/aromatic N) is 3. The molecule has 5 nitrogen and oxygen atoms in total. The van der Waals surface area contributed by atoms with Gasteiger partial charge in [-0.15, -0.1) is 0 Å². The molecular weight excluding hydrogens is 192 g/mol. The number of methoxy groups -OCH3 is 1. The van der Waals surface area contributed by atoms with E-state index in [1.165, 1.54) is 6.20 Å². The van der Waals surface area contributed by atoms with Crippen LogP contribution in [0.25, 0.3) is 0 Å². The zero-order valence-corrected chi connectivity index (χ0v) is 8.90. The molecule has 0 amide bonds. The van der Waals surface area contributed by atoms with Crippen LogP contribution in [-0.4, -0.2) is 17.1 Å². The van der Waals surface area contributed by atoms with Crippen molar-refractivity contribution in [2.24, 2.45) is 0 Å². The topological polar surface area (TPSA) is 84.8 Å². The summed E-state index contributed by atoms with van der Waals surface area (Å²) in [4.78, 5) is 8.11. The molecule has 1 aromatic heterocycles. The second-order valence-corrected chi connectivity index (χ2v) is 3.15. The van der Waals surface area contributed by atoms with Crippen LogP contribution in [0.2, 0.25) is 0 Å². The van der Waals surface area contributed by atoms with Gasteiger partial charge in [0.15, 0.2) is 5.82 Å². The Hall–Kier alpha value is -1.67. The number of hydrogen-bond donors (Lipinski definition) is 1. The summed E-state index contributed by atoms with van der Waals surface area (Å²) < 4.78 is 5.24. The van der Waals surface area contributed by atoms with E-state index < -0.39 is 0 Å². The quantitative estimate of drug-likeness (QED) is 0.805. The second kappa shape index (κ2) is 5.27. The minimum absolute atomic E-state index is 0.148. The van der Waals surface area contributed by atoms with Gasteiger partial charge < -0.3 is 10.5 Å². The average molecular weight is 206 g/mol. The third-order valence-corrected chi connectivity index (χ3v) is 2.08. The van der Waals surface area contributed by atoms with Gasteiger partial charge in [-0.2, -0.15) is 5.26 Å². The van der Waals surface area contributed by atoms with E-state index in [-0.39, 0.29) is 11.9 Å². The summed E-state index contributed by atoms with van der Waals surface area (Å²) in [6.07, 6.45) is 3.09. The van der Waals surface area contributed by atoms with E-state index in [1.54, 1.807) is 7.11 Å². The van der Waals surface area contributed by atoms with E-state index >= 15 is 0 Å². The summed E-state index contributed by atoms with van der Waals surface area (Å²) in [6, 6.07) is 1.92. The summed E-state index contributed by atoms with van der Waals surface area (Å²) >= 11 is 0. The van der Waals surface area contributed by atoms with Crippen LogP contribution < -0.4 is 5.73 Å². The molecule has 0 saturated carbocycles. The molecule has 1 heterocycles. The summed E-state index contributed by atoms with van der Waals surface area (Å²) in [5.74, 6) is 0.747. The Morgan fingerprint density at radius 3 is 2.87 bits per heavy atom. The number of anilines is 1. The number of aromatic nitrogens is 2. The van der Waals surface area contributed by atoms with Gasteiger partial charge in [0.05, 0.1) is 6.20 Å². The maximum atomic E-state index is 8.67. The molecule has 2 N–H and O–H groups in total. The van der Waals surface area contributed by atoms with E-state index in [1.807, 2.05) is 6.07 Å². The standard InChI is InChI=1S/C10H14N4O/c1-3-4-8(15-2)10-13-6-7(5-11)9(12)14-10/h6,8H,3-4H2,1-2H3,(H2,12,13,14). The lowest BCUT2D eigenvalue weighted by Gasteiger charge is -2.12. The predicted octanol–water partition coefficient (Wildman–Crippen LogP) is 1.42. The number of ether oxygens (including phenoxy) is 1. The third-order valence-electron chi connectivity index (χ3n) is 2.08. The minimum atomic E-state index is -0.148. The lowest BCUT2D eigenvalue weighted by Crippen LogP contribution is -2.09. The van der Waals surface area contributed by atoms with Crippen LogP contribution in [0.1, 0.15) is 37.3 Å². The predicted molar refractivity (Wildman–Crippen MR) is 55.8 cm³/mol. The summed E-state index contributed by atoms with van der Waals surface area (Å²) in [5.41, 5.74) is 5.89. The smallest absolute Gasteiger partial charge is 0.159 e. The highest BCUT2D eigenvalue weighted by molar-refractivity contribution is 5.46. The largest absolute Gasteiger partial charge is 0.382 e. The molecule has 80 valence electrons. The Labute approximate surface area is 88.9 Å². The number of nitrogens with two attached hydrogens (primary N) is 1. The monoisotopic (exact) mass is 206 g/mol. The van der Waals surface area contributed by atoms with Gasteiger partial charge in [0.2, 0.25) is 0 Å². The van der Waals surface area contributed by atoms with E-state index in [9.17, 15) is 0 Å². The molecule has 5 heteroatoms. The molecule has 0 aliphatic rings. The molecule has 15 heavy (non-hydrogen) atoms. The Bertz CT molecular complexity index is 372. The van der Waals surface area contributed by atoms with Crippen molar-refractivity contribution in [2.45, 2.75) is 25.9 Å². The summed E-state index contributed by atoms with van der Waals surface area (Å²) in [6.45, 7) is 2.05. The van der Waals surface area contributed by atoms with E-state index in [0.717, 1.165) is 12.8 Å². The van der Waals surface area contributed by atoms with Crippen molar-refractivity contribution in [3.63, 3.8) is 0 Å². The summed E-state index contributed by atoms with van der Waals surface area (Å²) in [5, 5.41) is 8.67. The van der Waals surface area contributed by atoms with Crippen LogP contribution in [0.4, 0.5) is 5.82 Å². The highest BCUT2D eigenvalue weighted by atomic mass is 16.5. The van der Waals surface area contributed by atoms with Crippen molar-refractivity contribution in [3.8, 4) is 6.07 Å². The molecule has 1 aromatic rings. The lowest BCUT2D eigenvalue weighted by atomic mass is 10.2. The number of nitriles is 1. The third kappa shape index (κ3) is 2.64. The Morgan fingerprint density at radius 2 is 2.40 bits per heavy atom. The van der Waals surface area contributed by atoms with Gasteiger partial charge in [-0.1, -0.05) is 13.3 Å². The molecule has 1 unspecified atom stereocenters. The highest BCUT2D eigenvalue weighted by Gasteiger charge is 2.14. The highest BCUT2D eigenvalue weighted by Crippen LogP contribution is 2.19. The van der Waals surface area contributed by atoms with Crippen LogP contribution in [0.3, 0.4) is 0 Å². The Morgan fingerprint density at radius 1 is 1.67 bits per heavy atom. The van der Waals surface area contributed by atoms with E-state index in [2.05, 4.69) is 16.9 Å².